The number of carbonyl (C=O) groups is 1. The van der Waals surface area contributed by atoms with Crippen LogP contribution in [0.4, 0.5) is 5.69 Å². The van der Waals surface area contributed by atoms with Gasteiger partial charge in [-0.2, -0.15) is 0 Å². The van der Waals surface area contributed by atoms with Gasteiger partial charge in [0.25, 0.3) is 10.0 Å². The molecule has 0 saturated heterocycles. The highest BCUT2D eigenvalue weighted by Gasteiger charge is 2.19. The van der Waals surface area contributed by atoms with Gasteiger partial charge in [-0.25, -0.2) is 18.2 Å². The van der Waals surface area contributed by atoms with Crippen LogP contribution in [0.5, 0.6) is 5.75 Å². The van der Waals surface area contributed by atoms with E-state index in [2.05, 4.69) is 34.5 Å². The van der Waals surface area contributed by atoms with Gasteiger partial charge in [-0.15, -0.1) is 0 Å². The number of sulfonamides is 1. The van der Waals surface area contributed by atoms with Gasteiger partial charge >= 0.3 is 5.97 Å². The Bertz CT molecular complexity index is 1460. The Morgan fingerprint density at radius 1 is 1.03 bits per heavy atom. The van der Waals surface area contributed by atoms with Gasteiger partial charge < -0.3 is 14.8 Å². The third-order valence-corrected chi connectivity index (χ3v) is 7.19. The minimum absolute atomic E-state index is 0.0195. The molecule has 3 N–H and O–H groups in total. The van der Waals surface area contributed by atoms with Crippen LogP contribution < -0.4 is 9.46 Å². The molecular weight excluding hydrogens is 480 g/mol. The summed E-state index contributed by atoms with van der Waals surface area (Å²) < 4.78 is 33.9. The molecule has 3 aromatic carbocycles. The molecule has 4 rings (SSSR count). The number of nitrogens with zero attached hydrogens (tertiary/aromatic N) is 2. The molecule has 0 spiro atoms. The van der Waals surface area contributed by atoms with E-state index in [-0.39, 0.29) is 10.6 Å². The van der Waals surface area contributed by atoms with Crippen molar-refractivity contribution in [1.29, 1.82) is 0 Å². The fourth-order valence-corrected chi connectivity index (χ4v) is 4.96. The molecule has 0 amide bonds. The number of carboxylic acid groups (broad SMARTS) is 1. The summed E-state index contributed by atoms with van der Waals surface area (Å²) >= 11 is 0. The number of imidazole rings is 1. The van der Waals surface area contributed by atoms with Crippen molar-refractivity contribution in [3.05, 3.63) is 72.3 Å². The fourth-order valence-electron chi connectivity index (χ4n) is 3.88. The van der Waals surface area contributed by atoms with Gasteiger partial charge in [-0.05, 0) is 61.1 Å². The zero-order valence-corrected chi connectivity index (χ0v) is 20.9. The molecule has 4 aromatic rings. The molecular formula is C26H28N4O5S. The van der Waals surface area contributed by atoms with Crippen molar-refractivity contribution in [2.24, 2.45) is 0 Å². The fraction of sp³-hybridized carbons (Fsp3) is 0.231. The number of anilines is 1. The highest BCUT2D eigenvalue weighted by atomic mass is 32.2. The van der Waals surface area contributed by atoms with Crippen LogP contribution in [-0.4, -0.2) is 54.1 Å². The molecule has 0 aliphatic heterocycles. The molecule has 1 heterocycles. The smallest absolute Gasteiger partial charge is 0.341 e. The second-order valence-electron chi connectivity index (χ2n) is 8.17. The number of hydrogen-bond donors (Lipinski definition) is 3. The van der Waals surface area contributed by atoms with Gasteiger partial charge in [-0.1, -0.05) is 38.1 Å². The Morgan fingerprint density at radius 3 is 2.44 bits per heavy atom. The van der Waals surface area contributed by atoms with Gasteiger partial charge in [0.05, 0.1) is 21.6 Å². The van der Waals surface area contributed by atoms with E-state index < -0.39 is 22.6 Å². The molecule has 0 aliphatic rings. The number of aromatic nitrogens is 2. The van der Waals surface area contributed by atoms with Crippen LogP contribution in [0.15, 0.2) is 71.6 Å². The van der Waals surface area contributed by atoms with Crippen molar-refractivity contribution in [1.82, 2.24) is 14.9 Å². The summed E-state index contributed by atoms with van der Waals surface area (Å²) in [5, 5.41) is 8.72. The van der Waals surface area contributed by atoms with E-state index in [0.29, 0.717) is 17.1 Å². The number of para-hydroxylation sites is 2. The van der Waals surface area contributed by atoms with Crippen LogP contribution in [0.25, 0.3) is 22.4 Å². The normalized spacial score (nSPS) is 11.6. The number of rotatable bonds is 11. The summed E-state index contributed by atoms with van der Waals surface area (Å²) in [5.41, 5.74) is 3.83. The minimum atomic E-state index is -3.92. The average Bonchev–Trinajstić information content (AvgIpc) is 3.31. The lowest BCUT2D eigenvalue weighted by molar-refractivity contribution is -0.139. The first-order chi connectivity index (χ1) is 17.3. The van der Waals surface area contributed by atoms with Gasteiger partial charge in [0.2, 0.25) is 0 Å². The second kappa shape index (κ2) is 10.8. The number of ether oxygens (including phenoxy) is 1. The Balaban J connectivity index is 1.63. The van der Waals surface area contributed by atoms with Crippen LogP contribution in [0.1, 0.15) is 19.4 Å². The number of hydrogen-bond acceptors (Lipinski definition) is 6. The van der Waals surface area contributed by atoms with Crippen molar-refractivity contribution in [3.8, 4) is 17.1 Å². The van der Waals surface area contributed by atoms with Crippen molar-refractivity contribution in [2.75, 3.05) is 24.4 Å². The van der Waals surface area contributed by atoms with Gasteiger partial charge in [0.15, 0.2) is 6.61 Å². The zero-order valence-electron chi connectivity index (χ0n) is 20.1. The molecule has 0 atom stereocenters. The van der Waals surface area contributed by atoms with E-state index in [4.69, 9.17) is 14.8 Å². The van der Waals surface area contributed by atoms with Gasteiger partial charge in [0, 0.05) is 12.1 Å². The number of carboxylic acids is 1. The summed E-state index contributed by atoms with van der Waals surface area (Å²) in [6.45, 7) is 6.38. The first-order valence-electron chi connectivity index (χ1n) is 11.6. The highest BCUT2D eigenvalue weighted by Crippen LogP contribution is 2.30. The van der Waals surface area contributed by atoms with E-state index in [1.807, 2.05) is 24.3 Å². The van der Waals surface area contributed by atoms with E-state index in [0.717, 1.165) is 36.2 Å². The lowest BCUT2D eigenvalue weighted by Gasteiger charge is -2.18. The molecule has 9 nitrogen and oxygen atoms in total. The van der Waals surface area contributed by atoms with Crippen LogP contribution in [-0.2, 0) is 21.4 Å². The highest BCUT2D eigenvalue weighted by molar-refractivity contribution is 7.92. The third-order valence-electron chi connectivity index (χ3n) is 5.81. The third kappa shape index (κ3) is 5.67. The maximum atomic E-state index is 13.1. The molecule has 0 radical (unpaired) electrons. The molecule has 0 fully saturated rings. The molecule has 36 heavy (non-hydrogen) atoms. The van der Waals surface area contributed by atoms with E-state index in [1.54, 1.807) is 12.1 Å². The standard InChI is InChI=1S/C26H28N4O5S/c1-3-30(4-2)16-18-8-7-11-23-25(18)28-26(27-23)21-9-5-6-10-22(21)29-36(33,34)20-14-12-19(13-15-20)35-17-24(31)32/h5-15,29H,3-4,16-17H2,1-2H3,(H,27,28)(H,31,32). The Kier molecular flexibility index (Phi) is 7.56. The van der Waals surface area contributed by atoms with Crippen molar-refractivity contribution < 1.29 is 23.1 Å². The number of fused-ring (bicyclic) bond motifs is 1. The van der Waals surface area contributed by atoms with E-state index >= 15 is 0 Å². The minimum Gasteiger partial charge on any atom is -0.482 e. The maximum absolute atomic E-state index is 13.1. The quantitative estimate of drug-likeness (QED) is 0.275. The molecule has 0 saturated carbocycles. The van der Waals surface area contributed by atoms with Crippen LogP contribution in [0.3, 0.4) is 0 Å². The summed E-state index contributed by atoms with van der Waals surface area (Å²) in [6.07, 6.45) is 0. The Labute approximate surface area is 209 Å². The molecule has 1 aromatic heterocycles. The number of aromatic amines is 1. The summed E-state index contributed by atoms with van der Waals surface area (Å²) in [7, 11) is -3.92. The molecule has 188 valence electrons. The van der Waals surface area contributed by atoms with Gasteiger partial charge in [-0.3, -0.25) is 9.62 Å². The lowest BCUT2D eigenvalue weighted by Crippen LogP contribution is -2.22. The first-order valence-corrected chi connectivity index (χ1v) is 13.1. The van der Waals surface area contributed by atoms with Crippen molar-refractivity contribution in [3.63, 3.8) is 0 Å². The number of aliphatic carboxylic acids is 1. The van der Waals surface area contributed by atoms with Gasteiger partial charge in [0.1, 0.15) is 11.6 Å². The first kappa shape index (κ1) is 25.2. The topological polar surface area (TPSA) is 125 Å². The Morgan fingerprint density at radius 2 is 1.75 bits per heavy atom. The summed E-state index contributed by atoms with van der Waals surface area (Å²) in [4.78, 5) is 21.2. The Hall–Kier alpha value is -3.89. The predicted octanol–water partition coefficient (Wildman–Crippen LogP) is 4.34. The van der Waals surface area contributed by atoms with Crippen molar-refractivity contribution in [2.45, 2.75) is 25.3 Å². The largest absolute Gasteiger partial charge is 0.482 e. The van der Waals surface area contributed by atoms with Crippen molar-refractivity contribution >= 4 is 32.7 Å². The van der Waals surface area contributed by atoms with Crippen LogP contribution >= 0.6 is 0 Å². The van der Waals surface area contributed by atoms with Crippen LogP contribution in [0.2, 0.25) is 0 Å². The van der Waals surface area contributed by atoms with E-state index in [9.17, 15) is 13.2 Å². The zero-order chi connectivity index (χ0) is 25.7. The monoisotopic (exact) mass is 508 g/mol. The SMILES string of the molecule is CCN(CC)Cc1cccc2[nH]c(-c3ccccc3NS(=O)(=O)c3ccc(OCC(=O)O)cc3)nc12. The number of H-pyrrole nitrogens is 1. The number of nitrogens with one attached hydrogen (secondary N) is 2. The number of benzene rings is 3. The molecule has 10 heteroatoms. The lowest BCUT2D eigenvalue weighted by atomic mass is 10.1. The average molecular weight is 509 g/mol. The summed E-state index contributed by atoms with van der Waals surface area (Å²) in [5.74, 6) is -0.289. The maximum Gasteiger partial charge on any atom is 0.341 e. The van der Waals surface area contributed by atoms with Crippen LogP contribution in [0, 0.1) is 0 Å². The summed E-state index contributed by atoms with van der Waals surface area (Å²) in [6, 6.07) is 18.6. The predicted molar refractivity (Wildman–Crippen MR) is 139 cm³/mol. The molecule has 0 unspecified atom stereocenters. The molecule has 0 aliphatic carbocycles. The molecule has 0 bridgehead atoms. The van der Waals surface area contributed by atoms with E-state index in [1.165, 1.54) is 24.3 Å². The second-order valence-corrected chi connectivity index (χ2v) is 9.85.